The number of rotatable bonds is 11. The van der Waals surface area contributed by atoms with Gasteiger partial charge in [-0.3, -0.25) is 13.9 Å². The summed E-state index contributed by atoms with van der Waals surface area (Å²) in [4.78, 5) is 28.4. The molecule has 0 heterocycles. The lowest BCUT2D eigenvalue weighted by molar-refractivity contribution is -0.139. The molecule has 0 aliphatic rings. The molecule has 11 heteroatoms. The Bertz CT molecular complexity index is 1390. The van der Waals surface area contributed by atoms with E-state index in [9.17, 15) is 18.0 Å². The first-order chi connectivity index (χ1) is 18.0. The summed E-state index contributed by atoms with van der Waals surface area (Å²) in [6.07, 6.45) is 1.19. The molecule has 2 amide bonds. The number of sulfonamides is 1. The summed E-state index contributed by atoms with van der Waals surface area (Å²) < 4.78 is 31.8. The first-order valence-corrected chi connectivity index (χ1v) is 14.2. The average molecular weight is 579 g/mol. The highest BCUT2D eigenvalue weighted by molar-refractivity contribution is 7.92. The van der Waals surface area contributed by atoms with Crippen molar-refractivity contribution in [2.24, 2.45) is 0 Å². The summed E-state index contributed by atoms with van der Waals surface area (Å²) >= 11 is 12.4. The Hall–Kier alpha value is -3.27. The maximum Gasteiger partial charge on any atom is 0.244 e. The number of nitrogens with one attached hydrogen (secondary N) is 1. The van der Waals surface area contributed by atoms with Gasteiger partial charge in [-0.1, -0.05) is 65.7 Å². The molecule has 1 atom stereocenters. The van der Waals surface area contributed by atoms with Gasteiger partial charge in [0.1, 0.15) is 18.3 Å². The number of halogens is 2. The highest BCUT2D eigenvalue weighted by atomic mass is 35.5. The average Bonchev–Trinajstić information content (AvgIpc) is 2.90. The van der Waals surface area contributed by atoms with E-state index in [-0.39, 0.29) is 28.7 Å². The fraction of sp³-hybridized carbons (Fsp3) is 0.259. The molecule has 0 bridgehead atoms. The molecule has 0 unspecified atom stereocenters. The Balaban J connectivity index is 2.06. The lowest BCUT2D eigenvalue weighted by Crippen LogP contribution is -2.52. The number of anilines is 1. The summed E-state index contributed by atoms with van der Waals surface area (Å²) in [5, 5.41) is 3.00. The molecule has 0 spiro atoms. The van der Waals surface area contributed by atoms with Crippen LogP contribution in [0.5, 0.6) is 5.75 Å². The van der Waals surface area contributed by atoms with Crippen LogP contribution in [0.25, 0.3) is 0 Å². The molecule has 0 aliphatic carbocycles. The van der Waals surface area contributed by atoms with Gasteiger partial charge >= 0.3 is 0 Å². The number of ether oxygens (including phenoxy) is 1. The van der Waals surface area contributed by atoms with Crippen LogP contribution in [0, 0.1) is 0 Å². The lowest BCUT2D eigenvalue weighted by atomic mass is 10.0. The van der Waals surface area contributed by atoms with Crippen molar-refractivity contribution in [2.45, 2.75) is 19.0 Å². The Morgan fingerprint density at radius 2 is 1.66 bits per heavy atom. The summed E-state index contributed by atoms with van der Waals surface area (Å²) in [6, 6.07) is 19.8. The van der Waals surface area contributed by atoms with E-state index in [4.69, 9.17) is 27.9 Å². The van der Waals surface area contributed by atoms with E-state index in [0.29, 0.717) is 11.3 Å². The van der Waals surface area contributed by atoms with Crippen LogP contribution in [0.2, 0.25) is 10.0 Å². The fourth-order valence-corrected chi connectivity index (χ4v) is 5.25. The topological polar surface area (TPSA) is 96.0 Å². The number of likely N-dealkylation sites (N-methyl/N-ethyl adjacent to an activating group) is 1. The van der Waals surface area contributed by atoms with Crippen molar-refractivity contribution in [3.05, 3.63) is 94.0 Å². The zero-order valence-corrected chi connectivity index (χ0v) is 23.6. The first-order valence-electron chi connectivity index (χ1n) is 11.6. The van der Waals surface area contributed by atoms with Gasteiger partial charge in [0.05, 0.1) is 24.1 Å². The third-order valence-electron chi connectivity index (χ3n) is 5.86. The van der Waals surface area contributed by atoms with E-state index in [1.807, 2.05) is 30.3 Å². The second kappa shape index (κ2) is 13.0. The molecule has 0 radical (unpaired) electrons. The van der Waals surface area contributed by atoms with Gasteiger partial charge in [-0.2, -0.15) is 0 Å². The molecule has 0 aliphatic heterocycles. The minimum Gasteiger partial charge on any atom is -0.497 e. The van der Waals surface area contributed by atoms with Gasteiger partial charge in [0.15, 0.2) is 0 Å². The van der Waals surface area contributed by atoms with E-state index in [1.54, 1.807) is 24.3 Å². The molecule has 0 aromatic heterocycles. The van der Waals surface area contributed by atoms with Crippen molar-refractivity contribution < 1.29 is 22.7 Å². The highest BCUT2D eigenvalue weighted by Gasteiger charge is 2.33. The second-order valence-electron chi connectivity index (χ2n) is 8.56. The summed E-state index contributed by atoms with van der Waals surface area (Å²) in [5.41, 5.74) is 1.60. The standard InChI is InChI=1S/C27H29Cl2N3O5S/c1-30-27(34)25(15-19-8-5-4-6-9-19)31(17-20-10-7-11-22(14-20)37-2)26(33)18-32(38(3,35)36)24-16-21(28)12-13-23(24)29/h4-14,16,25H,15,17-18H2,1-3H3,(H,30,34)/t25-/m0/s1. The first kappa shape index (κ1) is 29.3. The molecule has 0 saturated carbocycles. The van der Waals surface area contributed by atoms with E-state index in [0.717, 1.165) is 16.1 Å². The predicted octanol–water partition coefficient (Wildman–Crippen LogP) is 4.15. The second-order valence-corrected chi connectivity index (χ2v) is 11.3. The van der Waals surface area contributed by atoms with Crippen LogP contribution in [0.4, 0.5) is 5.69 Å². The van der Waals surface area contributed by atoms with E-state index in [1.165, 1.54) is 37.3 Å². The molecule has 3 rings (SSSR count). The van der Waals surface area contributed by atoms with Crippen LogP contribution in [0.15, 0.2) is 72.8 Å². The van der Waals surface area contributed by atoms with Crippen LogP contribution in [-0.4, -0.2) is 58.1 Å². The third-order valence-corrected chi connectivity index (χ3v) is 7.54. The van der Waals surface area contributed by atoms with Gasteiger partial charge in [-0.15, -0.1) is 0 Å². The van der Waals surface area contributed by atoms with Gasteiger partial charge in [0.25, 0.3) is 0 Å². The number of benzene rings is 3. The normalized spacial score (nSPS) is 11.9. The van der Waals surface area contributed by atoms with Gasteiger partial charge < -0.3 is 15.0 Å². The number of amides is 2. The number of carbonyl (C=O) groups excluding carboxylic acids is 2. The molecule has 3 aromatic carbocycles. The molecule has 1 N–H and O–H groups in total. The smallest absolute Gasteiger partial charge is 0.244 e. The van der Waals surface area contributed by atoms with Gasteiger partial charge in [0, 0.05) is 25.0 Å². The molecule has 38 heavy (non-hydrogen) atoms. The van der Waals surface area contributed by atoms with Gasteiger partial charge in [-0.05, 0) is 41.5 Å². The lowest BCUT2D eigenvalue weighted by Gasteiger charge is -2.33. The highest BCUT2D eigenvalue weighted by Crippen LogP contribution is 2.31. The molecule has 0 fully saturated rings. The Morgan fingerprint density at radius 3 is 2.29 bits per heavy atom. The summed E-state index contributed by atoms with van der Waals surface area (Å²) in [6.45, 7) is -0.563. The predicted molar refractivity (Wildman–Crippen MR) is 150 cm³/mol. The maximum atomic E-state index is 13.9. The quantitative estimate of drug-likeness (QED) is 0.369. The van der Waals surface area contributed by atoms with E-state index in [2.05, 4.69) is 5.32 Å². The van der Waals surface area contributed by atoms with Gasteiger partial charge in [-0.25, -0.2) is 8.42 Å². The SMILES string of the molecule is CNC(=O)[C@H](Cc1ccccc1)N(Cc1cccc(OC)c1)C(=O)CN(c1cc(Cl)ccc1Cl)S(C)(=O)=O. The van der Waals surface area contributed by atoms with Crippen molar-refractivity contribution in [2.75, 3.05) is 31.3 Å². The zero-order chi connectivity index (χ0) is 27.9. The molecule has 8 nitrogen and oxygen atoms in total. The number of methoxy groups -OCH3 is 1. The van der Waals surface area contributed by atoms with Crippen molar-refractivity contribution in [3.63, 3.8) is 0 Å². The minimum atomic E-state index is -3.96. The van der Waals surface area contributed by atoms with E-state index >= 15 is 0 Å². The van der Waals surface area contributed by atoms with E-state index < -0.39 is 34.4 Å². The Labute approximate surface area is 233 Å². The number of nitrogens with zero attached hydrogens (tertiary/aromatic N) is 2. The van der Waals surface area contributed by atoms with Crippen LogP contribution in [0.3, 0.4) is 0 Å². The van der Waals surface area contributed by atoms with Crippen LogP contribution < -0.4 is 14.4 Å². The molecule has 202 valence electrons. The number of carbonyl (C=O) groups is 2. The Morgan fingerprint density at radius 1 is 0.974 bits per heavy atom. The fourth-order valence-electron chi connectivity index (χ4n) is 3.96. The third kappa shape index (κ3) is 7.63. The molecule has 0 saturated heterocycles. The summed E-state index contributed by atoms with van der Waals surface area (Å²) in [5.74, 6) is -0.409. The largest absolute Gasteiger partial charge is 0.497 e. The summed E-state index contributed by atoms with van der Waals surface area (Å²) in [7, 11) is -0.937. The molecular formula is C27H29Cl2N3O5S. The van der Waals surface area contributed by atoms with Crippen molar-refractivity contribution >= 4 is 50.7 Å². The van der Waals surface area contributed by atoms with Crippen LogP contribution in [0.1, 0.15) is 11.1 Å². The zero-order valence-electron chi connectivity index (χ0n) is 21.2. The van der Waals surface area contributed by atoms with Gasteiger partial charge in [0.2, 0.25) is 21.8 Å². The molecule has 3 aromatic rings. The molecular weight excluding hydrogens is 549 g/mol. The Kier molecular flexibility index (Phi) is 10.0. The number of hydrogen-bond donors (Lipinski definition) is 1. The monoisotopic (exact) mass is 577 g/mol. The van der Waals surface area contributed by atoms with Crippen LogP contribution in [-0.2, 0) is 32.6 Å². The number of hydrogen-bond acceptors (Lipinski definition) is 5. The van der Waals surface area contributed by atoms with Crippen molar-refractivity contribution in [3.8, 4) is 5.75 Å². The van der Waals surface area contributed by atoms with Crippen molar-refractivity contribution in [1.82, 2.24) is 10.2 Å². The minimum absolute atomic E-state index is 0.0296. The maximum absolute atomic E-state index is 13.9. The van der Waals surface area contributed by atoms with Crippen molar-refractivity contribution in [1.29, 1.82) is 0 Å². The van der Waals surface area contributed by atoms with Crippen LogP contribution >= 0.6 is 23.2 Å².